The van der Waals surface area contributed by atoms with Gasteiger partial charge < -0.3 is 10.0 Å². The second kappa shape index (κ2) is 7.17. The zero-order valence-corrected chi connectivity index (χ0v) is 13.4. The lowest BCUT2D eigenvalue weighted by Gasteiger charge is -2.18. The van der Waals surface area contributed by atoms with Crippen molar-refractivity contribution in [1.82, 2.24) is 9.62 Å². The molecule has 0 fully saturated rings. The van der Waals surface area contributed by atoms with Gasteiger partial charge in [-0.3, -0.25) is 0 Å². The van der Waals surface area contributed by atoms with Gasteiger partial charge in [-0.2, -0.15) is 0 Å². The standard InChI is InChI=1S/C14H24N2O3S/c1-11(8-9-16(3)4)15-20(18,19)14-7-5-6-13(10-17)12(14)2/h5-7,11,15,17H,8-10H2,1-4H3. The minimum absolute atomic E-state index is 0.139. The molecule has 0 amide bonds. The minimum Gasteiger partial charge on any atom is -0.392 e. The topological polar surface area (TPSA) is 69.6 Å². The van der Waals surface area contributed by atoms with E-state index < -0.39 is 10.0 Å². The number of aliphatic hydroxyl groups is 1. The van der Waals surface area contributed by atoms with Gasteiger partial charge in [-0.05, 0) is 58.1 Å². The summed E-state index contributed by atoms with van der Waals surface area (Å²) in [7, 11) is 0.359. The van der Waals surface area contributed by atoms with Gasteiger partial charge in [0.15, 0.2) is 0 Å². The first-order chi connectivity index (χ1) is 9.27. The Labute approximate surface area is 121 Å². The molecule has 0 aliphatic heterocycles. The van der Waals surface area contributed by atoms with Gasteiger partial charge in [-0.1, -0.05) is 12.1 Å². The smallest absolute Gasteiger partial charge is 0.241 e. The molecule has 1 atom stereocenters. The van der Waals surface area contributed by atoms with Crippen molar-refractivity contribution in [3.63, 3.8) is 0 Å². The number of nitrogens with one attached hydrogen (secondary N) is 1. The van der Waals surface area contributed by atoms with Crippen LogP contribution in [0.15, 0.2) is 23.1 Å². The summed E-state index contributed by atoms with van der Waals surface area (Å²) in [5.41, 5.74) is 1.23. The molecule has 0 bridgehead atoms. The summed E-state index contributed by atoms with van der Waals surface area (Å²) < 4.78 is 27.4. The van der Waals surface area contributed by atoms with Crippen LogP contribution in [0.25, 0.3) is 0 Å². The largest absolute Gasteiger partial charge is 0.392 e. The van der Waals surface area contributed by atoms with E-state index in [1.807, 2.05) is 25.9 Å². The molecular formula is C14H24N2O3S. The van der Waals surface area contributed by atoms with Crippen molar-refractivity contribution in [2.75, 3.05) is 20.6 Å². The van der Waals surface area contributed by atoms with Crippen LogP contribution in [0, 0.1) is 6.92 Å². The van der Waals surface area contributed by atoms with Crippen molar-refractivity contribution < 1.29 is 13.5 Å². The molecule has 1 aromatic carbocycles. The molecule has 5 nitrogen and oxygen atoms in total. The highest BCUT2D eigenvalue weighted by Crippen LogP contribution is 2.19. The Bertz CT molecular complexity index is 541. The van der Waals surface area contributed by atoms with E-state index in [0.717, 1.165) is 13.0 Å². The first-order valence-corrected chi connectivity index (χ1v) is 8.12. The van der Waals surface area contributed by atoms with Crippen LogP contribution in [-0.4, -0.2) is 45.1 Å². The quantitative estimate of drug-likeness (QED) is 0.791. The number of hydrogen-bond donors (Lipinski definition) is 2. The van der Waals surface area contributed by atoms with E-state index in [9.17, 15) is 13.5 Å². The second-order valence-corrected chi connectivity index (χ2v) is 7.00. The third-order valence-electron chi connectivity index (χ3n) is 3.22. The average molecular weight is 300 g/mol. The minimum atomic E-state index is -3.55. The molecular weight excluding hydrogens is 276 g/mol. The molecule has 0 aromatic heterocycles. The lowest BCUT2D eigenvalue weighted by Crippen LogP contribution is -2.35. The van der Waals surface area contributed by atoms with Gasteiger partial charge >= 0.3 is 0 Å². The maximum Gasteiger partial charge on any atom is 0.241 e. The molecule has 0 spiro atoms. The molecule has 0 aliphatic carbocycles. The summed E-state index contributed by atoms with van der Waals surface area (Å²) in [6.07, 6.45) is 0.741. The van der Waals surface area contributed by atoms with E-state index in [0.29, 0.717) is 11.1 Å². The van der Waals surface area contributed by atoms with E-state index in [1.54, 1.807) is 25.1 Å². The molecule has 2 N–H and O–H groups in total. The fraction of sp³-hybridized carbons (Fsp3) is 0.571. The first kappa shape index (κ1) is 17.1. The summed E-state index contributed by atoms with van der Waals surface area (Å²) in [6.45, 7) is 4.22. The van der Waals surface area contributed by atoms with Crippen LogP contribution in [0.5, 0.6) is 0 Å². The summed E-state index contributed by atoms with van der Waals surface area (Å²) in [6, 6.07) is 4.80. The predicted molar refractivity (Wildman–Crippen MR) is 80.1 cm³/mol. The van der Waals surface area contributed by atoms with Crippen molar-refractivity contribution >= 4 is 10.0 Å². The lowest BCUT2D eigenvalue weighted by molar-refractivity contribution is 0.280. The average Bonchev–Trinajstić information content (AvgIpc) is 2.36. The highest BCUT2D eigenvalue weighted by Gasteiger charge is 2.20. The zero-order valence-electron chi connectivity index (χ0n) is 12.5. The Balaban J connectivity index is 2.89. The number of rotatable bonds is 7. The zero-order chi connectivity index (χ0) is 15.3. The Morgan fingerprint density at radius 1 is 1.35 bits per heavy atom. The Morgan fingerprint density at radius 3 is 2.55 bits per heavy atom. The normalized spacial score (nSPS) is 13.7. The molecule has 0 saturated heterocycles. The van der Waals surface area contributed by atoms with Crippen LogP contribution in [0.4, 0.5) is 0 Å². The third kappa shape index (κ3) is 4.56. The van der Waals surface area contributed by atoms with E-state index in [4.69, 9.17) is 0 Å². The fourth-order valence-electron chi connectivity index (χ4n) is 1.96. The molecule has 1 unspecified atom stereocenters. The SMILES string of the molecule is Cc1c(CO)cccc1S(=O)(=O)NC(C)CCN(C)C. The van der Waals surface area contributed by atoms with Crippen LogP contribution >= 0.6 is 0 Å². The van der Waals surface area contributed by atoms with Gasteiger partial charge in [0.2, 0.25) is 10.0 Å². The number of nitrogens with zero attached hydrogens (tertiary/aromatic N) is 1. The first-order valence-electron chi connectivity index (χ1n) is 6.64. The van der Waals surface area contributed by atoms with Gasteiger partial charge in [-0.25, -0.2) is 13.1 Å². The molecule has 1 rings (SSSR count). The molecule has 20 heavy (non-hydrogen) atoms. The van der Waals surface area contributed by atoms with Crippen LogP contribution in [0.1, 0.15) is 24.5 Å². The molecule has 0 saturated carbocycles. The Kier molecular flexibility index (Phi) is 6.13. The van der Waals surface area contributed by atoms with E-state index in [1.165, 1.54) is 0 Å². The van der Waals surface area contributed by atoms with E-state index in [-0.39, 0.29) is 17.5 Å². The highest BCUT2D eigenvalue weighted by molar-refractivity contribution is 7.89. The van der Waals surface area contributed by atoms with Crippen molar-refractivity contribution in [2.24, 2.45) is 0 Å². The maximum absolute atomic E-state index is 12.4. The predicted octanol–water partition coefficient (Wildman–Crippen LogP) is 1.11. The van der Waals surface area contributed by atoms with E-state index in [2.05, 4.69) is 4.72 Å². The van der Waals surface area contributed by atoms with Crippen LogP contribution in [-0.2, 0) is 16.6 Å². The second-order valence-electron chi connectivity index (χ2n) is 5.31. The number of benzene rings is 1. The van der Waals surface area contributed by atoms with Crippen LogP contribution in [0.2, 0.25) is 0 Å². The molecule has 1 aromatic rings. The van der Waals surface area contributed by atoms with Crippen molar-refractivity contribution in [1.29, 1.82) is 0 Å². The summed E-state index contributed by atoms with van der Waals surface area (Å²) in [4.78, 5) is 2.25. The molecule has 0 heterocycles. The maximum atomic E-state index is 12.4. The van der Waals surface area contributed by atoms with Gasteiger partial charge in [0, 0.05) is 6.04 Å². The third-order valence-corrected chi connectivity index (χ3v) is 4.96. The Morgan fingerprint density at radius 2 is 2.00 bits per heavy atom. The number of sulfonamides is 1. The molecule has 0 aliphatic rings. The van der Waals surface area contributed by atoms with Crippen LogP contribution in [0.3, 0.4) is 0 Å². The monoisotopic (exact) mass is 300 g/mol. The van der Waals surface area contributed by atoms with Gasteiger partial charge in [0.25, 0.3) is 0 Å². The van der Waals surface area contributed by atoms with Crippen molar-refractivity contribution in [3.05, 3.63) is 29.3 Å². The molecule has 6 heteroatoms. The van der Waals surface area contributed by atoms with Crippen LogP contribution < -0.4 is 4.72 Å². The van der Waals surface area contributed by atoms with E-state index >= 15 is 0 Å². The van der Waals surface area contributed by atoms with Gasteiger partial charge in [0.1, 0.15) is 0 Å². The summed E-state index contributed by atoms with van der Waals surface area (Å²) >= 11 is 0. The van der Waals surface area contributed by atoms with Crippen molar-refractivity contribution in [2.45, 2.75) is 37.8 Å². The Hall–Kier alpha value is -0.950. The van der Waals surface area contributed by atoms with Crippen molar-refractivity contribution in [3.8, 4) is 0 Å². The summed E-state index contributed by atoms with van der Waals surface area (Å²) in [5, 5.41) is 9.22. The number of hydrogen-bond acceptors (Lipinski definition) is 4. The van der Waals surface area contributed by atoms with Gasteiger partial charge in [-0.15, -0.1) is 0 Å². The lowest BCUT2D eigenvalue weighted by atomic mass is 10.1. The van der Waals surface area contributed by atoms with Gasteiger partial charge in [0.05, 0.1) is 11.5 Å². The number of aliphatic hydroxyl groups excluding tert-OH is 1. The molecule has 114 valence electrons. The molecule has 0 radical (unpaired) electrons. The highest BCUT2D eigenvalue weighted by atomic mass is 32.2. The fourth-order valence-corrected chi connectivity index (χ4v) is 3.53. The summed E-state index contributed by atoms with van der Waals surface area (Å²) in [5.74, 6) is 0.